The van der Waals surface area contributed by atoms with Crippen molar-refractivity contribution in [2.24, 2.45) is 0 Å². The van der Waals surface area contributed by atoms with Crippen LogP contribution in [0.2, 0.25) is 0 Å². The number of nitrogens with zero attached hydrogens (tertiary/aromatic N) is 1. The molecular weight excluding hydrogens is 244 g/mol. The number of carbonyl (C=O) groups is 2. The second kappa shape index (κ2) is 5.47. The Bertz CT molecular complexity index is 481. The third kappa shape index (κ3) is 2.80. The first-order chi connectivity index (χ1) is 9.02. The first kappa shape index (κ1) is 13.6. The molecule has 19 heavy (non-hydrogen) atoms. The number of piperazine rings is 1. The van der Waals surface area contributed by atoms with Gasteiger partial charge in [0, 0.05) is 0 Å². The smallest absolute Gasteiger partial charge is 0.246 e. The Labute approximate surface area is 113 Å². The standard InChI is InChI=1S/C14H20N2O3/c1-4-5-12-14(18)16(10(3)13(17)15-12)8-11-7-6-9(2)19-11/h6-7,10,12H,4-5,8H2,1-3H3,(H,15,17). The first-order valence-electron chi connectivity index (χ1n) is 6.69. The van der Waals surface area contributed by atoms with Crippen molar-refractivity contribution in [2.45, 2.75) is 52.2 Å². The van der Waals surface area contributed by atoms with Crippen LogP contribution in [0, 0.1) is 6.92 Å². The molecule has 2 heterocycles. The van der Waals surface area contributed by atoms with Gasteiger partial charge in [0.15, 0.2) is 0 Å². The molecule has 5 heteroatoms. The van der Waals surface area contributed by atoms with Gasteiger partial charge in [0.1, 0.15) is 23.6 Å². The lowest BCUT2D eigenvalue weighted by molar-refractivity contribution is -0.149. The molecule has 0 aromatic carbocycles. The van der Waals surface area contributed by atoms with Crippen LogP contribution >= 0.6 is 0 Å². The fourth-order valence-electron chi connectivity index (χ4n) is 2.32. The van der Waals surface area contributed by atoms with Crippen LogP contribution in [-0.4, -0.2) is 28.8 Å². The van der Waals surface area contributed by atoms with Gasteiger partial charge in [0.25, 0.3) is 0 Å². The SMILES string of the molecule is CCCC1NC(=O)C(C)N(Cc2ccc(C)o2)C1=O. The van der Waals surface area contributed by atoms with Crippen molar-refractivity contribution >= 4 is 11.8 Å². The van der Waals surface area contributed by atoms with Crippen LogP contribution in [0.5, 0.6) is 0 Å². The van der Waals surface area contributed by atoms with Gasteiger partial charge in [-0.25, -0.2) is 0 Å². The highest BCUT2D eigenvalue weighted by Crippen LogP contribution is 2.18. The zero-order chi connectivity index (χ0) is 14.0. The summed E-state index contributed by atoms with van der Waals surface area (Å²) in [5.41, 5.74) is 0. The summed E-state index contributed by atoms with van der Waals surface area (Å²) in [6.45, 7) is 5.95. The highest BCUT2D eigenvalue weighted by Gasteiger charge is 2.37. The van der Waals surface area contributed by atoms with E-state index in [1.807, 2.05) is 26.0 Å². The topological polar surface area (TPSA) is 62.6 Å². The molecule has 2 amide bonds. The molecule has 1 N–H and O–H groups in total. The molecule has 2 atom stereocenters. The van der Waals surface area contributed by atoms with Crippen LogP contribution in [0.15, 0.2) is 16.5 Å². The molecule has 0 aliphatic carbocycles. The first-order valence-corrected chi connectivity index (χ1v) is 6.69. The molecule has 1 aliphatic heterocycles. The molecule has 0 saturated carbocycles. The van der Waals surface area contributed by atoms with Crippen LogP contribution in [0.25, 0.3) is 0 Å². The van der Waals surface area contributed by atoms with Crippen molar-refractivity contribution in [1.29, 1.82) is 0 Å². The average molecular weight is 264 g/mol. The third-order valence-electron chi connectivity index (χ3n) is 3.44. The fraction of sp³-hybridized carbons (Fsp3) is 0.571. The van der Waals surface area contributed by atoms with Gasteiger partial charge < -0.3 is 14.6 Å². The van der Waals surface area contributed by atoms with E-state index in [2.05, 4.69) is 5.32 Å². The van der Waals surface area contributed by atoms with Gasteiger partial charge >= 0.3 is 0 Å². The minimum Gasteiger partial charge on any atom is -0.464 e. The lowest BCUT2D eigenvalue weighted by atomic mass is 10.0. The number of rotatable bonds is 4. The third-order valence-corrected chi connectivity index (χ3v) is 3.44. The number of hydrogen-bond acceptors (Lipinski definition) is 3. The quantitative estimate of drug-likeness (QED) is 0.898. The van der Waals surface area contributed by atoms with E-state index in [4.69, 9.17) is 4.42 Å². The molecule has 1 aromatic rings. The number of aryl methyl sites for hydroxylation is 1. The average Bonchev–Trinajstić information content (AvgIpc) is 2.77. The number of furan rings is 1. The number of hydrogen-bond donors (Lipinski definition) is 1. The number of carbonyl (C=O) groups excluding carboxylic acids is 2. The van der Waals surface area contributed by atoms with Crippen LogP contribution in [0.4, 0.5) is 0 Å². The summed E-state index contributed by atoms with van der Waals surface area (Å²) in [7, 11) is 0. The van der Waals surface area contributed by atoms with Gasteiger partial charge in [0.2, 0.25) is 11.8 Å². The summed E-state index contributed by atoms with van der Waals surface area (Å²) in [6.07, 6.45) is 1.53. The molecule has 1 aliphatic rings. The Balaban J connectivity index is 2.15. The molecule has 2 rings (SSSR count). The molecule has 0 bridgehead atoms. The van der Waals surface area contributed by atoms with Crippen LogP contribution in [0.1, 0.15) is 38.2 Å². The monoisotopic (exact) mass is 264 g/mol. The summed E-state index contributed by atoms with van der Waals surface area (Å²) < 4.78 is 5.49. The maximum Gasteiger partial charge on any atom is 0.246 e. The van der Waals surface area contributed by atoms with E-state index in [1.54, 1.807) is 11.8 Å². The normalized spacial score (nSPS) is 23.6. The van der Waals surface area contributed by atoms with Gasteiger partial charge in [0.05, 0.1) is 6.54 Å². The minimum absolute atomic E-state index is 0.0250. The zero-order valence-corrected chi connectivity index (χ0v) is 11.6. The van der Waals surface area contributed by atoms with Gasteiger partial charge in [-0.3, -0.25) is 9.59 Å². The number of nitrogens with one attached hydrogen (secondary N) is 1. The summed E-state index contributed by atoms with van der Waals surface area (Å²) in [5, 5.41) is 2.78. The van der Waals surface area contributed by atoms with Gasteiger partial charge in [-0.2, -0.15) is 0 Å². The van der Waals surface area contributed by atoms with Crippen molar-refractivity contribution in [1.82, 2.24) is 10.2 Å². The summed E-state index contributed by atoms with van der Waals surface area (Å²) in [4.78, 5) is 25.8. The molecular formula is C14H20N2O3. The predicted molar refractivity (Wildman–Crippen MR) is 70.3 cm³/mol. The maximum absolute atomic E-state index is 12.4. The molecule has 104 valence electrons. The molecule has 5 nitrogen and oxygen atoms in total. The molecule has 1 aromatic heterocycles. The maximum atomic E-state index is 12.4. The Morgan fingerprint density at radius 3 is 2.68 bits per heavy atom. The molecule has 2 unspecified atom stereocenters. The zero-order valence-electron chi connectivity index (χ0n) is 11.6. The van der Waals surface area contributed by atoms with Crippen molar-refractivity contribution in [3.8, 4) is 0 Å². The Morgan fingerprint density at radius 2 is 2.11 bits per heavy atom. The van der Waals surface area contributed by atoms with E-state index in [0.29, 0.717) is 18.7 Å². The van der Waals surface area contributed by atoms with E-state index in [-0.39, 0.29) is 11.8 Å². The molecule has 0 radical (unpaired) electrons. The van der Waals surface area contributed by atoms with Crippen molar-refractivity contribution in [2.75, 3.05) is 0 Å². The van der Waals surface area contributed by atoms with E-state index in [9.17, 15) is 9.59 Å². The molecule has 1 saturated heterocycles. The fourth-order valence-corrected chi connectivity index (χ4v) is 2.32. The van der Waals surface area contributed by atoms with Crippen molar-refractivity contribution < 1.29 is 14.0 Å². The summed E-state index contributed by atoms with van der Waals surface area (Å²) in [5.74, 6) is 1.40. The van der Waals surface area contributed by atoms with Gasteiger partial charge in [-0.15, -0.1) is 0 Å². The van der Waals surface area contributed by atoms with Crippen molar-refractivity contribution in [3.63, 3.8) is 0 Å². The second-order valence-corrected chi connectivity index (χ2v) is 5.00. The highest BCUT2D eigenvalue weighted by atomic mass is 16.3. The second-order valence-electron chi connectivity index (χ2n) is 5.00. The molecule has 1 fully saturated rings. The minimum atomic E-state index is -0.453. The highest BCUT2D eigenvalue weighted by molar-refractivity contribution is 5.96. The molecule has 0 spiro atoms. The van der Waals surface area contributed by atoms with Gasteiger partial charge in [-0.05, 0) is 32.4 Å². The summed E-state index contributed by atoms with van der Waals surface area (Å²) in [6, 6.07) is 2.85. The van der Waals surface area contributed by atoms with E-state index >= 15 is 0 Å². The van der Waals surface area contributed by atoms with Crippen LogP contribution < -0.4 is 5.32 Å². The lowest BCUT2D eigenvalue weighted by Crippen LogP contribution is -2.61. The van der Waals surface area contributed by atoms with E-state index in [0.717, 1.165) is 12.2 Å². The van der Waals surface area contributed by atoms with Crippen LogP contribution in [0.3, 0.4) is 0 Å². The van der Waals surface area contributed by atoms with Gasteiger partial charge in [-0.1, -0.05) is 13.3 Å². The number of amides is 2. The Morgan fingerprint density at radius 1 is 1.37 bits per heavy atom. The largest absolute Gasteiger partial charge is 0.464 e. The summed E-state index contributed by atoms with van der Waals surface area (Å²) >= 11 is 0. The predicted octanol–water partition coefficient (Wildman–Crippen LogP) is 1.60. The van der Waals surface area contributed by atoms with E-state index in [1.165, 1.54) is 0 Å². The van der Waals surface area contributed by atoms with E-state index < -0.39 is 12.1 Å². The lowest BCUT2D eigenvalue weighted by Gasteiger charge is -2.36. The van der Waals surface area contributed by atoms with Crippen LogP contribution in [-0.2, 0) is 16.1 Å². The Kier molecular flexibility index (Phi) is 3.93. The van der Waals surface area contributed by atoms with Crippen molar-refractivity contribution in [3.05, 3.63) is 23.7 Å². The Hall–Kier alpha value is -1.78.